The zero-order valence-corrected chi connectivity index (χ0v) is 16.6. The second-order valence-electron chi connectivity index (χ2n) is 6.90. The van der Waals surface area contributed by atoms with E-state index in [2.05, 4.69) is 54.5 Å². The molecule has 2 aromatic carbocycles. The van der Waals surface area contributed by atoms with Gasteiger partial charge in [0.25, 0.3) is 0 Å². The third-order valence-corrected chi connectivity index (χ3v) is 4.08. The quantitative estimate of drug-likeness (QED) is 0.521. The number of rotatable bonds is 9. The van der Waals surface area contributed by atoms with Gasteiger partial charge in [-0.25, -0.2) is 0 Å². The minimum absolute atomic E-state index is 0.0924. The summed E-state index contributed by atoms with van der Waals surface area (Å²) in [5, 5.41) is 7.07. The van der Waals surface area contributed by atoms with Crippen LogP contribution < -0.4 is 10.6 Å². The summed E-state index contributed by atoms with van der Waals surface area (Å²) in [7, 11) is 0. The molecule has 0 atom stereocenters. The van der Waals surface area contributed by atoms with E-state index in [0.717, 1.165) is 23.4 Å². The SMILES string of the molecule is CCOC/C=C(/NCC(C)(C)NCC#Cc1ccccc1)c1ccccc1. The number of benzene rings is 2. The normalized spacial score (nSPS) is 11.6. The zero-order valence-electron chi connectivity index (χ0n) is 16.6. The Kier molecular flexibility index (Phi) is 8.64. The maximum atomic E-state index is 5.49. The average molecular weight is 363 g/mol. The van der Waals surface area contributed by atoms with Crippen LogP contribution in [0, 0.1) is 11.8 Å². The van der Waals surface area contributed by atoms with Crippen LogP contribution in [0.4, 0.5) is 0 Å². The summed E-state index contributed by atoms with van der Waals surface area (Å²) in [5.74, 6) is 6.38. The Hall–Kier alpha value is -2.54. The summed E-state index contributed by atoms with van der Waals surface area (Å²) in [6, 6.07) is 20.4. The molecule has 0 unspecified atom stereocenters. The van der Waals surface area contributed by atoms with Crippen LogP contribution in [0.25, 0.3) is 5.70 Å². The number of hydrogen-bond donors (Lipinski definition) is 2. The number of hydrogen-bond acceptors (Lipinski definition) is 3. The van der Waals surface area contributed by atoms with Crippen molar-refractivity contribution in [3.05, 3.63) is 77.9 Å². The van der Waals surface area contributed by atoms with Crippen molar-refractivity contribution in [2.45, 2.75) is 26.3 Å². The van der Waals surface area contributed by atoms with Crippen LogP contribution in [0.1, 0.15) is 31.9 Å². The summed E-state index contributed by atoms with van der Waals surface area (Å²) in [5.41, 5.74) is 3.21. The van der Waals surface area contributed by atoms with Gasteiger partial charge in [0.2, 0.25) is 0 Å². The molecule has 0 heterocycles. The molecule has 0 aliphatic heterocycles. The molecule has 0 saturated heterocycles. The van der Waals surface area contributed by atoms with E-state index in [9.17, 15) is 0 Å². The van der Waals surface area contributed by atoms with Gasteiger partial charge in [-0.05, 0) is 44.5 Å². The first kappa shape index (κ1) is 20.8. The van der Waals surface area contributed by atoms with Gasteiger partial charge in [0.1, 0.15) is 0 Å². The Morgan fingerprint density at radius 1 is 1.04 bits per heavy atom. The molecule has 0 amide bonds. The van der Waals surface area contributed by atoms with E-state index in [0.29, 0.717) is 19.8 Å². The molecule has 0 aliphatic rings. The van der Waals surface area contributed by atoms with Gasteiger partial charge in [0.05, 0.1) is 13.2 Å². The lowest BCUT2D eigenvalue weighted by Gasteiger charge is -2.27. The first-order valence-corrected chi connectivity index (χ1v) is 9.47. The molecule has 0 aromatic heterocycles. The van der Waals surface area contributed by atoms with Crippen molar-refractivity contribution in [2.24, 2.45) is 0 Å². The van der Waals surface area contributed by atoms with Crippen molar-refractivity contribution in [1.82, 2.24) is 10.6 Å². The van der Waals surface area contributed by atoms with E-state index in [4.69, 9.17) is 4.74 Å². The predicted octanol–water partition coefficient (Wildman–Crippen LogP) is 4.07. The highest BCUT2D eigenvalue weighted by Crippen LogP contribution is 2.12. The number of ether oxygens (including phenoxy) is 1. The highest BCUT2D eigenvalue weighted by Gasteiger charge is 2.16. The van der Waals surface area contributed by atoms with Gasteiger partial charge >= 0.3 is 0 Å². The molecular weight excluding hydrogens is 332 g/mol. The van der Waals surface area contributed by atoms with Gasteiger partial charge < -0.3 is 10.1 Å². The predicted molar refractivity (Wildman–Crippen MR) is 114 cm³/mol. The monoisotopic (exact) mass is 362 g/mol. The molecule has 2 aromatic rings. The lowest BCUT2D eigenvalue weighted by Crippen LogP contribution is -2.47. The van der Waals surface area contributed by atoms with Crippen LogP contribution in [0.3, 0.4) is 0 Å². The minimum atomic E-state index is -0.0924. The first-order chi connectivity index (χ1) is 13.1. The van der Waals surface area contributed by atoms with Crippen molar-refractivity contribution in [3.8, 4) is 11.8 Å². The molecule has 27 heavy (non-hydrogen) atoms. The summed E-state index contributed by atoms with van der Waals surface area (Å²) in [4.78, 5) is 0. The van der Waals surface area contributed by atoms with E-state index in [1.165, 1.54) is 0 Å². The molecular formula is C24H30N2O. The molecule has 3 heteroatoms. The summed E-state index contributed by atoms with van der Waals surface area (Å²) in [6.07, 6.45) is 2.10. The maximum Gasteiger partial charge on any atom is 0.0670 e. The highest BCUT2D eigenvalue weighted by atomic mass is 16.5. The Bertz CT molecular complexity index is 755. The van der Waals surface area contributed by atoms with Crippen molar-refractivity contribution in [2.75, 3.05) is 26.3 Å². The molecule has 2 rings (SSSR count). The van der Waals surface area contributed by atoms with Crippen LogP contribution in [0.2, 0.25) is 0 Å². The third-order valence-electron chi connectivity index (χ3n) is 4.08. The second kappa shape index (κ2) is 11.2. The molecule has 0 spiro atoms. The van der Waals surface area contributed by atoms with Crippen LogP contribution in [-0.2, 0) is 4.74 Å². The fraction of sp³-hybridized carbons (Fsp3) is 0.333. The second-order valence-corrected chi connectivity index (χ2v) is 6.90. The molecule has 142 valence electrons. The van der Waals surface area contributed by atoms with Crippen molar-refractivity contribution in [1.29, 1.82) is 0 Å². The topological polar surface area (TPSA) is 33.3 Å². The van der Waals surface area contributed by atoms with Gasteiger partial charge in [-0.15, -0.1) is 0 Å². The van der Waals surface area contributed by atoms with Crippen molar-refractivity contribution in [3.63, 3.8) is 0 Å². The number of nitrogens with one attached hydrogen (secondary N) is 2. The van der Waals surface area contributed by atoms with E-state index < -0.39 is 0 Å². The fourth-order valence-electron chi connectivity index (χ4n) is 2.50. The van der Waals surface area contributed by atoms with E-state index in [-0.39, 0.29) is 5.54 Å². The molecule has 0 bridgehead atoms. The molecule has 2 N–H and O–H groups in total. The molecule has 0 aliphatic carbocycles. The van der Waals surface area contributed by atoms with Crippen LogP contribution in [0.5, 0.6) is 0 Å². The maximum absolute atomic E-state index is 5.49. The standard InChI is InChI=1S/C24H30N2O/c1-4-27-19-17-23(22-15-9-6-10-16-22)25-20-24(2,3)26-18-11-14-21-12-7-5-8-13-21/h5-10,12-13,15-17,25-26H,4,18-20H2,1-3H3/b23-17+. The van der Waals surface area contributed by atoms with Crippen LogP contribution in [-0.4, -0.2) is 31.8 Å². The summed E-state index contributed by atoms with van der Waals surface area (Å²) >= 11 is 0. The van der Waals surface area contributed by atoms with Gasteiger partial charge in [0.15, 0.2) is 0 Å². The summed E-state index contributed by atoms with van der Waals surface area (Å²) < 4.78 is 5.49. The minimum Gasteiger partial charge on any atom is -0.383 e. The first-order valence-electron chi connectivity index (χ1n) is 9.47. The lowest BCUT2D eigenvalue weighted by atomic mass is 10.0. The van der Waals surface area contributed by atoms with E-state index >= 15 is 0 Å². The van der Waals surface area contributed by atoms with Crippen molar-refractivity contribution < 1.29 is 4.74 Å². The lowest BCUT2D eigenvalue weighted by molar-refractivity contribution is 0.177. The molecule has 0 radical (unpaired) electrons. The average Bonchev–Trinajstić information content (AvgIpc) is 2.69. The van der Waals surface area contributed by atoms with Gasteiger partial charge in [0, 0.05) is 30.0 Å². The van der Waals surface area contributed by atoms with E-state index in [1.54, 1.807) is 0 Å². The fourth-order valence-corrected chi connectivity index (χ4v) is 2.50. The van der Waals surface area contributed by atoms with E-state index in [1.807, 2.05) is 55.5 Å². The molecule has 3 nitrogen and oxygen atoms in total. The Balaban J connectivity index is 1.90. The van der Waals surface area contributed by atoms with Gasteiger partial charge in [-0.1, -0.05) is 60.4 Å². The van der Waals surface area contributed by atoms with Crippen molar-refractivity contribution >= 4 is 5.70 Å². The smallest absolute Gasteiger partial charge is 0.0670 e. The zero-order chi connectivity index (χ0) is 19.4. The van der Waals surface area contributed by atoms with Crippen LogP contribution >= 0.6 is 0 Å². The summed E-state index contributed by atoms with van der Waals surface area (Å²) in [6.45, 7) is 9.10. The molecule has 0 saturated carbocycles. The van der Waals surface area contributed by atoms with Gasteiger partial charge in [-0.2, -0.15) is 0 Å². The van der Waals surface area contributed by atoms with Crippen LogP contribution in [0.15, 0.2) is 66.7 Å². The Labute approximate surface area is 163 Å². The highest BCUT2D eigenvalue weighted by molar-refractivity contribution is 5.63. The third kappa shape index (κ3) is 8.13. The Morgan fingerprint density at radius 2 is 1.70 bits per heavy atom. The Morgan fingerprint density at radius 3 is 2.37 bits per heavy atom. The van der Waals surface area contributed by atoms with Gasteiger partial charge in [-0.3, -0.25) is 5.32 Å². The largest absolute Gasteiger partial charge is 0.383 e. The molecule has 0 fully saturated rings.